The maximum absolute atomic E-state index is 13.4. The number of rotatable bonds is 5. The van der Waals surface area contributed by atoms with Gasteiger partial charge in [-0.3, -0.25) is 4.79 Å². The van der Waals surface area contributed by atoms with E-state index in [-0.39, 0.29) is 18.3 Å². The van der Waals surface area contributed by atoms with Crippen LogP contribution in [0.4, 0.5) is 4.39 Å². The van der Waals surface area contributed by atoms with Gasteiger partial charge in [-0.2, -0.15) is 0 Å². The second-order valence-corrected chi connectivity index (χ2v) is 5.43. The molecule has 2 aromatic carbocycles. The van der Waals surface area contributed by atoms with Gasteiger partial charge in [-0.25, -0.2) is 4.39 Å². The quantitative estimate of drug-likeness (QED) is 0.817. The highest BCUT2D eigenvalue weighted by Gasteiger charge is 2.02. The highest BCUT2D eigenvalue weighted by atomic mass is 79.9. The van der Waals surface area contributed by atoms with Gasteiger partial charge in [-0.1, -0.05) is 18.2 Å². The molecule has 2 aromatic rings. The lowest BCUT2D eigenvalue weighted by molar-refractivity contribution is -0.116. The summed E-state index contributed by atoms with van der Waals surface area (Å²) in [6.45, 7) is 0.269. The molecule has 0 radical (unpaired) electrons. The zero-order valence-electron chi connectivity index (χ0n) is 12.0. The minimum absolute atomic E-state index is 0.244. The van der Waals surface area contributed by atoms with E-state index in [1.165, 1.54) is 12.1 Å². The number of benzene rings is 2. The molecule has 0 aromatic heterocycles. The van der Waals surface area contributed by atoms with Gasteiger partial charge in [0.25, 0.3) is 0 Å². The molecule has 1 N–H and O–H groups in total. The predicted octanol–water partition coefficient (Wildman–Crippen LogP) is 3.93. The molecule has 22 heavy (non-hydrogen) atoms. The van der Waals surface area contributed by atoms with E-state index in [0.29, 0.717) is 10.0 Å². The zero-order valence-corrected chi connectivity index (χ0v) is 13.6. The number of ether oxygens (including phenoxy) is 1. The van der Waals surface area contributed by atoms with Gasteiger partial charge in [0.05, 0.1) is 11.6 Å². The van der Waals surface area contributed by atoms with Gasteiger partial charge in [-0.05, 0) is 57.4 Å². The Morgan fingerprint density at radius 2 is 2.14 bits per heavy atom. The van der Waals surface area contributed by atoms with E-state index in [0.717, 1.165) is 11.3 Å². The Kier molecular flexibility index (Phi) is 5.72. The third-order valence-corrected chi connectivity index (χ3v) is 3.61. The van der Waals surface area contributed by atoms with E-state index in [9.17, 15) is 9.18 Å². The summed E-state index contributed by atoms with van der Waals surface area (Å²) in [5.74, 6) is 0.137. The lowest BCUT2D eigenvalue weighted by atomic mass is 10.2. The molecule has 0 saturated carbocycles. The molecule has 5 heteroatoms. The molecule has 3 nitrogen and oxygen atoms in total. The van der Waals surface area contributed by atoms with E-state index in [2.05, 4.69) is 21.2 Å². The summed E-state index contributed by atoms with van der Waals surface area (Å²) < 4.78 is 18.9. The third-order valence-electron chi connectivity index (χ3n) is 2.97. The van der Waals surface area contributed by atoms with Crippen molar-refractivity contribution in [1.29, 1.82) is 0 Å². The SMILES string of the molecule is COc1cccc(/C=C/C(=O)NCc2ccc(Br)c(F)c2)c1. The number of halogens is 2. The summed E-state index contributed by atoms with van der Waals surface area (Å²) in [7, 11) is 1.59. The molecule has 0 aliphatic rings. The molecule has 0 aliphatic heterocycles. The Hall–Kier alpha value is -2.14. The smallest absolute Gasteiger partial charge is 0.244 e. The highest BCUT2D eigenvalue weighted by molar-refractivity contribution is 9.10. The van der Waals surface area contributed by atoms with E-state index >= 15 is 0 Å². The summed E-state index contributed by atoms with van der Waals surface area (Å²) in [6.07, 6.45) is 3.13. The molecule has 1 amide bonds. The minimum atomic E-state index is -0.348. The first-order chi connectivity index (χ1) is 10.6. The first-order valence-corrected chi connectivity index (χ1v) is 7.41. The van der Waals surface area contributed by atoms with Gasteiger partial charge in [0.2, 0.25) is 5.91 Å². The normalized spacial score (nSPS) is 10.7. The first kappa shape index (κ1) is 16.2. The van der Waals surface area contributed by atoms with Gasteiger partial charge in [0.1, 0.15) is 11.6 Å². The molecular formula is C17H15BrFNO2. The van der Waals surface area contributed by atoms with Crippen LogP contribution in [0.25, 0.3) is 6.08 Å². The zero-order chi connectivity index (χ0) is 15.9. The van der Waals surface area contributed by atoms with Crippen molar-refractivity contribution in [3.63, 3.8) is 0 Å². The molecule has 0 heterocycles. The van der Waals surface area contributed by atoms with Crippen molar-refractivity contribution in [3.8, 4) is 5.75 Å². The Morgan fingerprint density at radius 3 is 2.86 bits per heavy atom. The van der Waals surface area contributed by atoms with Crippen molar-refractivity contribution in [2.24, 2.45) is 0 Å². The lowest BCUT2D eigenvalue weighted by Crippen LogP contribution is -2.20. The Morgan fingerprint density at radius 1 is 1.32 bits per heavy atom. The summed E-state index contributed by atoms with van der Waals surface area (Å²) in [4.78, 5) is 11.8. The fourth-order valence-corrected chi connectivity index (χ4v) is 2.06. The lowest BCUT2D eigenvalue weighted by Gasteiger charge is -2.04. The summed E-state index contributed by atoms with van der Waals surface area (Å²) >= 11 is 3.09. The van der Waals surface area contributed by atoms with Crippen LogP contribution in [0, 0.1) is 5.82 Å². The Labute approximate surface area is 136 Å². The van der Waals surface area contributed by atoms with Crippen molar-refractivity contribution in [3.05, 3.63) is 70.0 Å². The second kappa shape index (κ2) is 7.75. The van der Waals surface area contributed by atoms with Crippen LogP contribution in [-0.2, 0) is 11.3 Å². The van der Waals surface area contributed by atoms with Crippen LogP contribution in [0.2, 0.25) is 0 Å². The van der Waals surface area contributed by atoms with Crippen molar-refractivity contribution >= 4 is 27.9 Å². The topological polar surface area (TPSA) is 38.3 Å². The second-order valence-electron chi connectivity index (χ2n) is 4.58. The van der Waals surface area contributed by atoms with Gasteiger partial charge >= 0.3 is 0 Å². The van der Waals surface area contributed by atoms with Crippen molar-refractivity contribution in [1.82, 2.24) is 5.32 Å². The fraction of sp³-hybridized carbons (Fsp3) is 0.118. The number of methoxy groups -OCH3 is 1. The van der Waals surface area contributed by atoms with Crippen LogP contribution >= 0.6 is 15.9 Å². The predicted molar refractivity (Wildman–Crippen MR) is 88.0 cm³/mol. The van der Waals surface area contributed by atoms with Crippen LogP contribution in [0.3, 0.4) is 0 Å². The monoisotopic (exact) mass is 363 g/mol. The summed E-state index contributed by atoms with van der Waals surface area (Å²) in [5, 5.41) is 2.71. The molecule has 2 rings (SSSR count). The maximum Gasteiger partial charge on any atom is 0.244 e. The number of amides is 1. The molecule has 0 fully saturated rings. The van der Waals surface area contributed by atoms with Crippen molar-refractivity contribution < 1.29 is 13.9 Å². The van der Waals surface area contributed by atoms with Crippen molar-refractivity contribution in [2.45, 2.75) is 6.54 Å². The average Bonchev–Trinajstić information content (AvgIpc) is 2.54. The highest BCUT2D eigenvalue weighted by Crippen LogP contribution is 2.16. The molecule has 0 unspecified atom stereocenters. The maximum atomic E-state index is 13.4. The summed E-state index contributed by atoms with van der Waals surface area (Å²) in [6, 6.07) is 12.1. The van der Waals surface area contributed by atoms with E-state index in [1.807, 2.05) is 24.3 Å². The van der Waals surface area contributed by atoms with Gasteiger partial charge < -0.3 is 10.1 Å². The van der Waals surface area contributed by atoms with Crippen LogP contribution in [0.5, 0.6) is 5.75 Å². The van der Waals surface area contributed by atoms with Crippen LogP contribution in [0.15, 0.2) is 53.0 Å². The standard InChI is InChI=1S/C17H15BrFNO2/c1-22-14-4-2-3-12(9-14)6-8-17(21)20-11-13-5-7-15(18)16(19)10-13/h2-10H,11H2,1H3,(H,20,21)/b8-6+. The van der Waals surface area contributed by atoms with Gasteiger partial charge in [-0.15, -0.1) is 0 Å². The number of hydrogen-bond donors (Lipinski definition) is 1. The summed E-state index contributed by atoms with van der Waals surface area (Å²) in [5.41, 5.74) is 1.56. The minimum Gasteiger partial charge on any atom is -0.497 e. The van der Waals surface area contributed by atoms with Crippen LogP contribution in [-0.4, -0.2) is 13.0 Å². The van der Waals surface area contributed by atoms with Crippen LogP contribution < -0.4 is 10.1 Å². The molecule has 0 spiro atoms. The van der Waals surface area contributed by atoms with Crippen molar-refractivity contribution in [2.75, 3.05) is 7.11 Å². The van der Waals surface area contributed by atoms with Gasteiger partial charge in [0.15, 0.2) is 0 Å². The largest absolute Gasteiger partial charge is 0.497 e. The molecule has 0 atom stereocenters. The third kappa shape index (κ3) is 4.70. The van der Waals surface area contributed by atoms with Crippen LogP contribution in [0.1, 0.15) is 11.1 Å². The van der Waals surface area contributed by atoms with E-state index < -0.39 is 0 Å². The Balaban J connectivity index is 1.92. The average molecular weight is 364 g/mol. The molecule has 0 aliphatic carbocycles. The number of nitrogens with one attached hydrogen (secondary N) is 1. The van der Waals surface area contributed by atoms with Gasteiger partial charge in [0, 0.05) is 12.6 Å². The number of carbonyl (C=O) groups excluding carboxylic acids is 1. The molecule has 114 valence electrons. The number of hydrogen-bond acceptors (Lipinski definition) is 2. The Bertz CT molecular complexity index is 701. The van der Waals surface area contributed by atoms with E-state index in [1.54, 1.807) is 25.3 Å². The number of carbonyl (C=O) groups is 1. The molecule has 0 bridgehead atoms. The molecular weight excluding hydrogens is 349 g/mol. The first-order valence-electron chi connectivity index (χ1n) is 6.62. The fourth-order valence-electron chi connectivity index (χ4n) is 1.81. The molecule has 0 saturated heterocycles. The van der Waals surface area contributed by atoms with E-state index in [4.69, 9.17) is 4.74 Å².